The summed E-state index contributed by atoms with van der Waals surface area (Å²) < 4.78 is 0. The number of amides is 1. The lowest BCUT2D eigenvalue weighted by Crippen LogP contribution is -2.44. The predicted octanol–water partition coefficient (Wildman–Crippen LogP) is 1.14. The van der Waals surface area contributed by atoms with Gasteiger partial charge in [-0.05, 0) is 33.9 Å². The lowest BCUT2D eigenvalue weighted by atomic mass is 10.0. The first-order valence-corrected chi connectivity index (χ1v) is 7.46. The van der Waals surface area contributed by atoms with Crippen LogP contribution in [0.4, 0.5) is 5.13 Å². The number of nitrogens with one attached hydrogen (secondary N) is 1. The molecule has 0 bridgehead atoms. The van der Waals surface area contributed by atoms with Gasteiger partial charge < -0.3 is 15.1 Å². The first-order valence-electron chi connectivity index (χ1n) is 6.65. The van der Waals surface area contributed by atoms with E-state index < -0.39 is 0 Å². The summed E-state index contributed by atoms with van der Waals surface area (Å²) in [5.74, 6) is 0.0128. The van der Waals surface area contributed by atoms with Gasteiger partial charge in [0.25, 0.3) is 5.91 Å². The van der Waals surface area contributed by atoms with Crippen LogP contribution in [-0.2, 0) is 0 Å². The highest BCUT2D eigenvalue weighted by atomic mass is 32.1. The van der Waals surface area contributed by atoms with E-state index in [4.69, 9.17) is 0 Å². The van der Waals surface area contributed by atoms with E-state index in [1.54, 1.807) is 0 Å². The zero-order valence-corrected chi connectivity index (χ0v) is 12.5. The van der Waals surface area contributed by atoms with Gasteiger partial charge in [0.2, 0.25) is 10.1 Å². The molecule has 2 rings (SSSR count). The van der Waals surface area contributed by atoms with Crippen molar-refractivity contribution in [3.8, 4) is 0 Å². The number of carbonyl (C=O) groups is 1. The first kappa shape index (κ1) is 14.2. The Morgan fingerprint density at radius 1 is 1.42 bits per heavy atom. The molecule has 0 aliphatic carbocycles. The molecule has 19 heavy (non-hydrogen) atoms. The highest BCUT2D eigenvalue weighted by Gasteiger charge is 2.26. The molecule has 0 unspecified atom stereocenters. The lowest BCUT2D eigenvalue weighted by Gasteiger charge is -2.34. The highest BCUT2D eigenvalue weighted by molar-refractivity contribution is 7.17. The molecule has 6 nitrogen and oxygen atoms in total. The molecule has 1 N–H and O–H groups in total. The van der Waals surface area contributed by atoms with Gasteiger partial charge in [0, 0.05) is 25.7 Å². The van der Waals surface area contributed by atoms with Crippen molar-refractivity contribution >= 4 is 22.4 Å². The number of nitrogens with zero attached hydrogens (tertiary/aromatic N) is 4. The standard InChI is InChI=1S/C12H21N5OS/c1-4-13-12-15-14-10(19-12)11(18)17-7-5-9(6-8-17)16(2)3/h9H,4-8H2,1-3H3,(H,13,15). The normalized spacial score (nSPS) is 16.9. The molecule has 2 heterocycles. The summed E-state index contributed by atoms with van der Waals surface area (Å²) >= 11 is 1.33. The van der Waals surface area contributed by atoms with Gasteiger partial charge in [0.1, 0.15) is 0 Å². The van der Waals surface area contributed by atoms with Crippen LogP contribution in [-0.4, -0.2) is 65.7 Å². The van der Waals surface area contributed by atoms with Crippen LogP contribution in [0.1, 0.15) is 29.6 Å². The summed E-state index contributed by atoms with van der Waals surface area (Å²) in [6, 6.07) is 0.579. The molecule has 0 spiro atoms. The first-order chi connectivity index (χ1) is 9.11. The highest BCUT2D eigenvalue weighted by Crippen LogP contribution is 2.20. The van der Waals surface area contributed by atoms with Crippen LogP contribution in [0, 0.1) is 0 Å². The Morgan fingerprint density at radius 3 is 2.68 bits per heavy atom. The minimum absolute atomic E-state index is 0.0128. The molecule has 7 heteroatoms. The topological polar surface area (TPSA) is 61.4 Å². The molecule has 0 aromatic carbocycles. The van der Waals surface area contributed by atoms with Crippen molar-refractivity contribution in [3.63, 3.8) is 0 Å². The van der Waals surface area contributed by atoms with Crippen LogP contribution in [0.15, 0.2) is 0 Å². The number of likely N-dealkylation sites (tertiary alicyclic amines) is 1. The average molecular weight is 283 g/mol. The molecular weight excluding hydrogens is 262 g/mol. The predicted molar refractivity (Wildman–Crippen MR) is 76.7 cm³/mol. The van der Waals surface area contributed by atoms with Crippen molar-refractivity contribution in [1.82, 2.24) is 20.0 Å². The summed E-state index contributed by atoms with van der Waals surface area (Å²) in [6.45, 7) is 4.39. The van der Waals surface area contributed by atoms with E-state index in [2.05, 4.69) is 34.5 Å². The zero-order valence-electron chi connectivity index (χ0n) is 11.7. The molecule has 1 fully saturated rings. The largest absolute Gasteiger partial charge is 0.360 e. The Labute approximate surface area is 117 Å². The number of piperidine rings is 1. The Kier molecular flexibility index (Phi) is 4.71. The third kappa shape index (κ3) is 3.42. The number of aromatic nitrogens is 2. The lowest BCUT2D eigenvalue weighted by molar-refractivity contribution is 0.0662. The second kappa shape index (κ2) is 6.29. The van der Waals surface area contributed by atoms with Crippen LogP contribution in [0.25, 0.3) is 0 Å². The maximum atomic E-state index is 12.3. The van der Waals surface area contributed by atoms with Gasteiger partial charge in [-0.3, -0.25) is 4.79 Å². The number of rotatable bonds is 4. The molecule has 1 saturated heterocycles. The molecule has 1 amide bonds. The fourth-order valence-corrected chi connectivity index (χ4v) is 3.03. The smallest absolute Gasteiger partial charge is 0.284 e. The Bertz CT molecular complexity index is 426. The number of hydrogen-bond acceptors (Lipinski definition) is 6. The Hall–Kier alpha value is -1.21. The Balaban J connectivity index is 1.93. The van der Waals surface area contributed by atoms with Crippen LogP contribution in [0.3, 0.4) is 0 Å². The molecule has 0 atom stereocenters. The Morgan fingerprint density at radius 2 is 2.11 bits per heavy atom. The second-order valence-corrected chi connectivity index (χ2v) is 5.91. The molecule has 106 valence electrons. The van der Waals surface area contributed by atoms with Gasteiger partial charge in [0.05, 0.1) is 0 Å². The minimum atomic E-state index is 0.0128. The van der Waals surface area contributed by atoms with Gasteiger partial charge >= 0.3 is 0 Å². The van der Waals surface area contributed by atoms with Crippen molar-refractivity contribution < 1.29 is 4.79 Å². The van der Waals surface area contributed by atoms with E-state index in [1.807, 2.05) is 11.8 Å². The maximum Gasteiger partial charge on any atom is 0.284 e. The van der Waals surface area contributed by atoms with E-state index in [0.717, 1.165) is 32.5 Å². The summed E-state index contributed by atoms with van der Waals surface area (Å²) in [5.41, 5.74) is 0. The molecule has 1 aromatic rings. The van der Waals surface area contributed by atoms with Gasteiger partial charge in [-0.1, -0.05) is 11.3 Å². The number of anilines is 1. The fourth-order valence-electron chi connectivity index (χ4n) is 2.25. The average Bonchev–Trinajstić information content (AvgIpc) is 2.87. The molecular formula is C12H21N5OS. The second-order valence-electron chi connectivity index (χ2n) is 4.93. The van der Waals surface area contributed by atoms with Gasteiger partial charge in [0.15, 0.2) is 0 Å². The zero-order chi connectivity index (χ0) is 13.8. The summed E-state index contributed by atoms with van der Waals surface area (Å²) in [5, 5.41) is 12.2. The van der Waals surface area contributed by atoms with Gasteiger partial charge in [-0.25, -0.2) is 0 Å². The molecule has 1 aliphatic rings. The van der Waals surface area contributed by atoms with Crippen molar-refractivity contribution in [2.45, 2.75) is 25.8 Å². The monoisotopic (exact) mass is 283 g/mol. The van der Waals surface area contributed by atoms with E-state index >= 15 is 0 Å². The maximum absolute atomic E-state index is 12.3. The van der Waals surface area contributed by atoms with Gasteiger partial charge in [-0.15, -0.1) is 10.2 Å². The SMILES string of the molecule is CCNc1nnc(C(=O)N2CCC(N(C)C)CC2)s1. The summed E-state index contributed by atoms with van der Waals surface area (Å²) in [6.07, 6.45) is 2.05. The van der Waals surface area contributed by atoms with E-state index in [1.165, 1.54) is 11.3 Å². The van der Waals surface area contributed by atoms with Crippen molar-refractivity contribution in [2.75, 3.05) is 39.0 Å². The van der Waals surface area contributed by atoms with Gasteiger partial charge in [-0.2, -0.15) is 0 Å². The van der Waals surface area contributed by atoms with E-state index in [9.17, 15) is 4.79 Å². The van der Waals surface area contributed by atoms with Crippen molar-refractivity contribution in [2.24, 2.45) is 0 Å². The van der Waals surface area contributed by atoms with Crippen molar-refractivity contribution in [3.05, 3.63) is 5.01 Å². The van der Waals surface area contributed by atoms with Crippen LogP contribution >= 0.6 is 11.3 Å². The minimum Gasteiger partial charge on any atom is -0.360 e. The van der Waals surface area contributed by atoms with Crippen LogP contribution in [0.5, 0.6) is 0 Å². The molecule has 0 saturated carbocycles. The van der Waals surface area contributed by atoms with E-state index in [-0.39, 0.29) is 5.91 Å². The van der Waals surface area contributed by atoms with Crippen LogP contribution < -0.4 is 5.32 Å². The van der Waals surface area contributed by atoms with Crippen molar-refractivity contribution in [1.29, 1.82) is 0 Å². The molecule has 1 aliphatic heterocycles. The number of carbonyl (C=O) groups excluding carboxylic acids is 1. The summed E-state index contributed by atoms with van der Waals surface area (Å²) in [7, 11) is 4.19. The molecule has 1 aromatic heterocycles. The summed E-state index contributed by atoms with van der Waals surface area (Å²) in [4.78, 5) is 16.4. The third-order valence-electron chi connectivity index (χ3n) is 3.42. The van der Waals surface area contributed by atoms with E-state index in [0.29, 0.717) is 16.2 Å². The number of hydrogen-bond donors (Lipinski definition) is 1. The van der Waals surface area contributed by atoms with Crippen LogP contribution in [0.2, 0.25) is 0 Å². The third-order valence-corrected chi connectivity index (χ3v) is 4.29. The quantitative estimate of drug-likeness (QED) is 0.898. The molecule has 0 radical (unpaired) electrons. The fraction of sp³-hybridized carbons (Fsp3) is 0.750.